The van der Waals surface area contributed by atoms with Crippen LogP contribution in [0.5, 0.6) is 0 Å². The molecule has 0 saturated heterocycles. The van der Waals surface area contributed by atoms with E-state index in [2.05, 4.69) is 5.32 Å². The van der Waals surface area contributed by atoms with Crippen LogP contribution in [-0.2, 0) is 14.6 Å². The van der Waals surface area contributed by atoms with E-state index < -0.39 is 21.1 Å². The first kappa shape index (κ1) is 14.9. The van der Waals surface area contributed by atoms with Gasteiger partial charge in [-0.2, -0.15) is 0 Å². The second kappa shape index (κ2) is 5.14. The molecular weight excluding hydrogens is 283 g/mol. The Bertz CT molecular complexity index is 634. The number of hydrogen-bond donors (Lipinski definition) is 2. The highest BCUT2D eigenvalue weighted by molar-refractivity contribution is 7.90. The van der Waals surface area contributed by atoms with Crippen molar-refractivity contribution in [3.8, 4) is 0 Å². The van der Waals surface area contributed by atoms with Gasteiger partial charge >= 0.3 is 0 Å². The molecule has 1 aliphatic carbocycles. The van der Waals surface area contributed by atoms with Gasteiger partial charge in [-0.15, -0.1) is 0 Å². The summed E-state index contributed by atoms with van der Waals surface area (Å²) in [5.74, 6) is -1.02. The summed E-state index contributed by atoms with van der Waals surface area (Å²) in [6.45, 7) is 0.201. The summed E-state index contributed by atoms with van der Waals surface area (Å²) in [6.07, 6.45) is 3.28. The number of nitrogens with one attached hydrogen (secondary N) is 1. The minimum atomic E-state index is -3.45. The molecule has 110 valence electrons. The van der Waals surface area contributed by atoms with Gasteiger partial charge in [0.05, 0.1) is 16.0 Å². The zero-order valence-electron chi connectivity index (χ0n) is 11.1. The first-order chi connectivity index (χ1) is 9.28. The second-order valence-electron chi connectivity index (χ2n) is 5.21. The van der Waals surface area contributed by atoms with E-state index in [4.69, 9.17) is 5.73 Å². The smallest absolute Gasteiger partial charge is 0.231 e. The maximum Gasteiger partial charge on any atom is 0.231 e. The first-order valence-electron chi connectivity index (χ1n) is 6.30. The molecule has 1 saturated carbocycles. The first-order valence-corrected chi connectivity index (χ1v) is 8.19. The molecular formula is C13H17FN2O3S. The number of rotatable bonds is 4. The molecule has 2 rings (SSSR count). The summed E-state index contributed by atoms with van der Waals surface area (Å²) in [6, 6.07) is 3.33. The fraction of sp³-hybridized carbons (Fsp3) is 0.462. The average molecular weight is 300 g/mol. The Labute approximate surface area is 117 Å². The van der Waals surface area contributed by atoms with Crippen molar-refractivity contribution in [2.75, 3.05) is 18.1 Å². The van der Waals surface area contributed by atoms with Gasteiger partial charge in [0.2, 0.25) is 5.91 Å². The molecule has 7 heteroatoms. The SMILES string of the molecule is CS(=O)(=O)c1ccc(F)c(NC(=O)C2(CN)CCC2)c1. The van der Waals surface area contributed by atoms with Crippen LogP contribution in [0.2, 0.25) is 0 Å². The maximum atomic E-state index is 13.7. The van der Waals surface area contributed by atoms with Crippen molar-refractivity contribution in [2.45, 2.75) is 24.2 Å². The van der Waals surface area contributed by atoms with Crippen LogP contribution in [0.15, 0.2) is 23.1 Å². The lowest BCUT2D eigenvalue weighted by molar-refractivity contribution is -0.129. The fourth-order valence-electron chi connectivity index (χ4n) is 2.21. The molecule has 1 fully saturated rings. The fourth-order valence-corrected chi connectivity index (χ4v) is 2.86. The molecule has 3 N–H and O–H groups in total. The summed E-state index contributed by atoms with van der Waals surface area (Å²) in [5, 5.41) is 2.46. The van der Waals surface area contributed by atoms with Gasteiger partial charge in [-0.05, 0) is 31.0 Å². The topological polar surface area (TPSA) is 89.3 Å². The standard InChI is InChI=1S/C13H17FN2O3S/c1-20(18,19)9-3-4-10(14)11(7-9)16-12(17)13(8-15)5-2-6-13/h3-4,7H,2,5-6,8,15H2,1H3,(H,16,17). The van der Waals surface area contributed by atoms with E-state index in [1.54, 1.807) is 0 Å². The van der Waals surface area contributed by atoms with Crippen LogP contribution in [0.1, 0.15) is 19.3 Å². The monoisotopic (exact) mass is 300 g/mol. The van der Waals surface area contributed by atoms with Crippen molar-refractivity contribution in [3.63, 3.8) is 0 Å². The number of benzene rings is 1. The van der Waals surface area contributed by atoms with Crippen LogP contribution in [0.25, 0.3) is 0 Å². The van der Waals surface area contributed by atoms with E-state index in [0.717, 1.165) is 24.8 Å². The summed E-state index contributed by atoms with van der Waals surface area (Å²) in [7, 11) is -3.45. The molecule has 1 aromatic rings. The van der Waals surface area contributed by atoms with Crippen LogP contribution in [0.4, 0.5) is 10.1 Å². The molecule has 5 nitrogen and oxygen atoms in total. The molecule has 0 unspecified atom stereocenters. The Morgan fingerprint density at radius 3 is 2.55 bits per heavy atom. The highest BCUT2D eigenvalue weighted by atomic mass is 32.2. The molecule has 1 aliphatic rings. The number of hydrogen-bond acceptors (Lipinski definition) is 4. The lowest BCUT2D eigenvalue weighted by Gasteiger charge is -2.39. The van der Waals surface area contributed by atoms with Crippen molar-refractivity contribution in [1.82, 2.24) is 0 Å². The Kier molecular flexibility index (Phi) is 3.84. The molecule has 0 radical (unpaired) electrons. The Morgan fingerprint density at radius 2 is 2.10 bits per heavy atom. The predicted molar refractivity (Wildman–Crippen MR) is 73.5 cm³/mol. The number of carbonyl (C=O) groups excluding carboxylic acids is 1. The van der Waals surface area contributed by atoms with Crippen LogP contribution in [0.3, 0.4) is 0 Å². The van der Waals surface area contributed by atoms with Crippen molar-refractivity contribution in [3.05, 3.63) is 24.0 Å². The molecule has 0 aliphatic heterocycles. The summed E-state index contributed by atoms with van der Waals surface area (Å²) in [5.41, 5.74) is 4.84. The third-order valence-electron chi connectivity index (χ3n) is 3.80. The third-order valence-corrected chi connectivity index (χ3v) is 4.91. The largest absolute Gasteiger partial charge is 0.329 e. The van der Waals surface area contributed by atoms with Gasteiger partial charge < -0.3 is 11.1 Å². The number of halogens is 1. The molecule has 1 aromatic carbocycles. The maximum absolute atomic E-state index is 13.7. The van der Waals surface area contributed by atoms with Gasteiger partial charge in [-0.25, -0.2) is 12.8 Å². The van der Waals surface area contributed by atoms with E-state index in [1.165, 1.54) is 6.07 Å². The molecule has 0 bridgehead atoms. The van der Waals surface area contributed by atoms with E-state index in [1.807, 2.05) is 0 Å². The van der Waals surface area contributed by atoms with Gasteiger partial charge in [-0.1, -0.05) is 6.42 Å². The minimum Gasteiger partial charge on any atom is -0.329 e. The quantitative estimate of drug-likeness (QED) is 0.820. The molecule has 20 heavy (non-hydrogen) atoms. The summed E-state index contributed by atoms with van der Waals surface area (Å²) in [4.78, 5) is 12.1. The second-order valence-corrected chi connectivity index (χ2v) is 7.22. The van der Waals surface area contributed by atoms with E-state index >= 15 is 0 Å². The number of nitrogens with two attached hydrogens (primary N) is 1. The number of carbonyl (C=O) groups is 1. The van der Waals surface area contributed by atoms with Crippen LogP contribution in [-0.4, -0.2) is 27.1 Å². The zero-order chi connectivity index (χ0) is 15.0. The third kappa shape index (κ3) is 2.69. The Balaban J connectivity index is 2.27. The lowest BCUT2D eigenvalue weighted by atomic mass is 9.68. The molecule has 0 aromatic heterocycles. The normalized spacial score (nSPS) is 17.4. The minimum absolute atomic E-state index is 0.0374. The van der Waals surface area contributed by atoms with Gasteiger partial charge in [-0.3, -0.25) is 4.79 Å². The highest BCUT2D eigenvalue weighted by Crippen LogP contribution is 2.41. The van der Waals surface area contributed by atoms with Crippen LogP contribution in [0, 0.1) is 11.2 Å². The number of anilines is 1. The van der Waals surface area contributed by atoms with Crippen molar-refractivity contribution < 1.29 is 17.6 Å². The van der Waals surface area contributed by atoms with E-state index in [0.29, 0.717) is 12.8 Å². The molecule has 0 heterocycles. The Hall–Kier alpha value is -1.47. The van der Waals surface area contributed by atoms with Crippen LogP contribution < -0.4 is 11.1 Å². The number of sulfone groups is 1. The van der Waals surface area contributed by atoms with Gasteiger partial charge in [0, 0.05) is 12.8 Å². The average Bonchev–Trinajstić information content (AvgIpc) is 2.29. The van der Waals surface area contributed by atoms with Crippen molar-refractivity contribution in [2.24, 2.45) is 11.1 Å². The van der Waals surface area contributed by atoms with Crippen molar-refractivity contribution in [1.29, 1.82) is 0 Å². The van der Waals surface area contributed by atoms with Crippen molar-refractivity contribution >= 4 is 21.4 Å². The summed E-state index contributed by atoms with van der Waals surface area (Å²) < 4.78 is 36.6. The van der Waals surface area contributed by atoms with Gasteiger partial charge in [0.1, 0.15) is 5.82 Å². The van der Waals surface area contributed by atoms with E-state index in [9.17, 15) is 17.6 Å². The lowest BCUT2D eigenvalue weighted by Crippen LogP contribution is -2.47. The molecule has 0 atom stereocenters. The molecule has 0 spiro atoms. The van der Waals surface area contributed by atoms with Gasteiger partial charge in [0.25, 0.3) is 0 Å². The van der Waals surface area contributed by atoms with E-state index in [-0.39, 0.29) is 23.0 Å². The number of amides is 1. The summed E-state index contributed by atoms with van der Waals surface area (Å²) >= 11 is 0. The highest BCUT2D eigenvalue weighted by Gasteiger charge is 2.43. The van der Waals surface area contributed by atoms with Gasteiger partial charge in [0.15, 0.2) is 9.84 Å². The zero-order valence-corrected chi connectivity index (χ0v) is 12.0. The predicted octanol–water partition coefficient (Wildman–Crippen LogP) is 1.30. The van der Waals surface area contributed by atoms with Crippen LogP contribution >= 0.6 is 0 Å². The Morgan fingerprint density at radius 1 is 1.45 bits per heavy atom. The molecule has 1 amide bonds.